The molecule has 0 aliphatic carbocycles. The molecule has 0 saturated carbocycles. The summed E-state index contributed by atoms with van der Waals surface area (Å²) in [5.41, 5.74) is 8.47. The molecule has 0 aromatic heterocycles. The Hall–Kier alpha value is -3.39. The zero-order chi connectivity index (χ0) is 30.6. The summed E-state index contributed by atoms with van der Waals surface area (Å²) in [5, 5.41) is 10.7. The third kappa shape index (κ3) is 9.31. The number of rotatable bonds is 13. The zero-order valence-corrected chi connectivity index (χ0v) is 26.6. The van der Waals surface area contributed by atoms with E-state index in [0.717, 1.165) is 37.8 Å². The Labute approximate surface area is 254 Å². The van der Waals surface area contributed by atoms with Crippen LogP contribution in [0.15, 0.2) is 66.7 Å². The van der Waals surface area contributed by atoms with E-state index < -0.39 is 24.1 Å². The van der Waals surface area contributed by atoms with E-state index in [1.165, 1.54) is 33.4 Å². The largest absolute Gasteiger partial charge is 0.456 e. The molecule has 4 heteroatoms. The Morgan fingerprint density at radius 3 is 2.17 bits per heavy atom. The van der Waals surface area contributed by atoms with Gasteiger partial charge in [-0.2, -0.15) is 0 Å². The summed E-state index contributed by atoms with van der Waals surface area (Å²) in [7, 11) is 0. The van der Waals surface area contributed by atoms with Crippen LogP contribution in [-0.4, -0.2) is 28.1 Å². The second-order valence-corrected chi connectivity index (χ2v) is 11.7. The maximum absolute atomic E-state index is 13.5. The van der Waals surface area contributed by atoms with Gasteiger partial charge in [-0.15, -0.1) is 5.92 Å². The normalized spacial score (nSPS) is 14.0. The monoisotopic (exact) mass is 567 g/mol. The number of carbonyl (C=O) groups is 1. The second-order valence-electron chi connectivity index (χ2n) is 11.7. The number of aliphatic hydroxyl groups excluding tert-OH is 1. The number of carbonyl (C=O) groups excluding carboxylic acids is 1. The molecule has 1 N–H and O–H groups in total. The molecule has 224 valence electrons. The van der Waals surface area contributed by atoms with Crippen molar-refractivity contribution in [2.75, 3.05) is 0 Å². The van der Waals surface area contributed by atoms with Crippen molar-refractivity contribution in [3.63, 3.8) is 0 Å². The molecular weight excluding hydrogens is 518 g/mol. The van der Waals surface area contributed by atoms with E-state index in [1.54, 1.807) is 6.92 Å². The Morgan fingerprint density at radius 1 is 0.881 bits per heavy atom. The lowest BCUT2D eigenvalue weighted by Crippen LogP contribution is -2.40. The molecule has 0 bridgehead atoms. The van der Waals surface area contributed by atoms with Crippen LogP contribution >= 0.6 is 0 Å². The first-order valence-corrected chi connectivity index (χ1v) is 15.4. The van der Waals surface area contributed by atoms with E-state index in [2.05, 4.69) is 94.7 Å². The molecule has 42 heavy (non-hydrogen) atoms. The molecule has 3 aromatic carbocycles. The summed E-state index contributed by atoms with van der Waals surface area (Å²) in [4.78, 5) is 15.9. The molecule has 0 heterocycles. The minimum atomic E-state index is -1.06. The topological polar surface area (TPSA) is 49.8 Å². The smallest absolute Gasteiger partial charge is 0.312 e. The van der Waals surface area contributed by atoms with Gasteiger partial charge in [-0.05, 0) is 81.3 Å². The first-order chi connectivity index (χ1) is 20.1. The van der Waals surface area contributed by atoms with Crippen LogP contribution in [0.1, 0.15) is 91.5 Å². The molecule has 3 aromatic rings. The highest BCUT2D eigenvalue weighted by Gasteiger charge is 2.32. The highest BCUT2D eigenvalue weighted by Crippen LogP contribution is 2.31. The van der Waals surface area contributed by atoms with E-state index in [-0.39, 0.29) is 6.04 Å². The van der Waals surface area contributed by atoms with E-state index in [9.17, 15) is 9.90 Å². The number of unbranched alkanes of at least 4 members (excludes halogenated alkanes) is 3. The molecule has 0 unspecified atom stereocenters. The number of aryl methyl sites for hydroxylation is 4. The Morgan fingerprint density at radius 2 is 1.52 bits per heavy atom. The molecule has 0 fully saturated rings. The molecule has 3 rings (SSSR count). The Bertz CT molecular complexity index is 1330. The summed E-state index contributed by atoms with van der Waals surface area (Å²) in [5.74, 6) is 4.71. The van der Waals surface area contributed by atoms with Crippen molar-refractivity contribution in [3.8, 4) is 11.8 Å². The minimum absolute atomic E-state index is 0.152. The molecule has 0 radical (unpaired) electrons. The van der Waals surface area contributed by atoms with Crippen LogP contribution in [-0.2, 0) is 22.6 Å². The predicted octanol–water partition coefficient (Wildman–Crippen LogP) is 8.18. The van der Waals surface area contributed by atoms with Gasteiger partial charge in [0, 0.05) is 25.6 Å². The van der Waals surface area contributed by atoms with Crippen LogP contribution < -0.4 is 0 Å². The van der Waals surface area contributed by atoms with Crippen LogP contribution in [0.4, 0.5) is 0 Å². The van der Waals surface area contributed by atoms with E-state index in [1.807, 2.05) is 30.3 Å². The highest BCUT2D eigenvalue weighted by molar-refractivity contribution is 5.73. The third-order valence-electron chi connectivity index (χ3n) is 8.22. The maximum Gasteiger partial charge on any atom is 0.312 e. The first-order valence-electron chi connectivity index (χ1n) is 15.4. The van der Waals surface area contributed by atoms with Gasteiger partial charge in [0.2, 0.25) is 0 Å². The summed E-state index contributed by atoms with van der Waals surface area (Å²) in [6, 6.07) is 22.7. The van der Waals surface area contributed by atoms with Gasteiger partial charge in [0.1, 0.15) is 12.2 Å². The van der Waals surface area contributed by atoms with Gasteiger partial charge in [0.05, 0.1) is 5.92 Å². The lowest BCUT2D eigenvalue weighted by Gasteiger charge is -2.36. The quantitative estimate of drug-likeness (QED) is 0.129. The Kier molecular flexibility index (Phi) is 12.9. The van der Waals surface area contributed by atoms with Gasteiger partial charge in [-0.25, -0.2) is 0 Å². The van der Waals surface area contributed by atoms with Gasteiger partial charge in [-0.1, -0.05) is 98.0 Å². The molecular formula is C38H49NO3. The average Bonchev–Trinajstić information content (AvgIpc) is 2.97. The van der Waals surface area contributed by atoms with Gasteiger partial charge >= 0.3 is 5.97 Å². The third-order valence-corrected chi connectivity index (χ3v) is 8.22. The van der Waals surface area contributed by atoms with Gasteiger partial charge < -0.3 is 9.84 Å². The lowest BCUT2D eigenvalue weighted by atomic mass is 9.96. The molecule has 4 atom stereocenters. The van der Waals surface area contributed by atoms with Crippen molar-refractivity contribution >= 4 is 5.97 Å². The van der Waals surface area contributed by atoms with Crippen molar-refractivity contribution in [2.45, 2.75) is 105 Å². The van der Waals surface area contributed by atoms with Crippen LogP contribution in [0.2, 0.25) is 0 Å². The highest BCUT2D eigenvalue weighted by atomic mass is 16.5. The molecule has 4 nitrogen and oxygen atoms in total. The molecule has 0 saturated heterocycles. The first kappa shape index (κ1) is 33.1. The van der Waals surface area contributed by atoms with Crippen LogP contribution in [0.5, 0.6) is 0 Å². The van der Waals surface area contributed by atoms with Gasteiger partial charge in [0.25, 0.3) is 0 Å². The number of hydrogen-bond acceptors (Lipinski definition) is 4. The summed E-state index contributed by atoms with van der Waals surface area (Å²) in [6.45, 7) is 16.0. The van der Waals surface area contributed by atoms with Crippen LogP contribution in [0, 0.1) is 45.5 Å². The predicted molar refractivity (Wildman–Crippen MR) is 173 cm³/mol. The number of hydrogen-bond donors (Lipinski definition) is 1. The Balaban J connectivity index is 1.93. The fourth-order valence-electron chi connectivity index (χ4n) is 5.42. The molecule has 0 aliphatic rings. The molecule has 0 spiro atoms. The van der Waals surface area contributed by atoms with E-state index in [4.69, 9.17) is 4.74 Å². The molecule has 0 aliphatic heterocycles. The fraction of sp³-hybridized carbons (Fsp3) is 0.447. The van der Waals surface area contributed by atoms with Gasteiger partial charge in [-0.3, -0.25) is 9.69 Å². The molecule has 0 amide bonds. The number of esters is 1. The van der Waals surface area contributed by atoms with Crippen LogP contribution in [0.25, 0.3) is 0 Å². The van der Waals surface area contributed by atoms with Crippen molar-refractivity contribution < 1.29 is 14.6 Å². The number of nitrogens with zero attached hydrogens (tertiary/aromatic N) is 1. The van der Waals surface area contributed by atoms with E-state index in [0.29, 0.717) is 6.54 Å². The summed E-state index contributed by atoms with van der Waals surface area (Å²) >= 11 is 0. The van der Waals surface area contributed by atoms with Crippen molar-refractivity contribution in [2.24, 2.45) is 5.92 Å². The van der Waals surface area contributed by atoms with Crippen molar-refractivity contribution in [3.05, 3.63) is 106 Å². The second kappa shape index (κ2) is 16.3. The lowest BCUT2D eigenvalue weighted by molar-refractivity contribution is -0.160. The number of ether oxygens (including phenoxy) is 1. The van der Waals surface area contributed by atoms with Gasteiger partial charge in [0.15, 0.2) is 0 Å². The standard InChI is InChI=1S/C38H49NO3/c1-8-9-10-11-15-22-36(40)31(6)38(41)42-37(33-19-13-12-14-20-33)32(7)39(25-34-21-17-16-18-28(34)3)26-35-29(4)23-27(2)24-30(35)5/h12-14,16-21,23-24,31-32,36-37,40H,8-11,25-26H2,1-7H3/t31-,32-,36-,37-/m0/s1. The maximum atomic E-state index is 13.5. The van der Waals surface area contributed by atoms with Crippen molar-refractivity contribution in [1.29, 1.82) is 0 Å². The van der Waals surface area contributed by atoms with E-state index >= 15 is 0 Å². The summed E-state index contributed by atoms with van der Waals surface area (Å²) < 4.78 is 6.28. The minimum Gasteiger partial charge on any atom is -0.456 e. The SMILES string of the molecule is CCCCCC#C[C@H](O)[C@H](C)C(=O)O[C@H](c1ccccc1)[C@H](C)N(Cc1ccccc1C)Cc1c(C)cc(C)cc1C. The average molecular weight is 568 g/mol. The summed E-state index contributed by atoms with van der Waals surface area (Å²) in [6.07, 6.45) is 2.37. The zero-order valence-electron chi connectivity index (χ0n) is 26.6. The number of benzene rings is 3. The number of aliphatic hydroxyl groups is 1. The van der Waals surface area contributed by atoms with Crippen LogP contribution in [0.3, 0.4) is 0 Å². The fourth-order valence-corrected chi connectivity index (χ4v) is 5.42. The van der Waals surface area contributed by atoms with Crippen molar-refractivity contribution in [1.82, 2.24) is 4.90 Å².